The van der Waals surface area contributed by atoms with Gasteiger partial charge in [-0.3, -0.25) is 0 Å². The van der Waals surface area contributed by atoms with E-state index >= 15 is 0 Å². The van der Waals surface area contributed by atoms with Crippen molar-refractivity contribution < 1.29 is 0 Å². The summed E-state index contributed by atoms with van der Waals surface area (Å²) in [7, 11) is 0. The lowest BCUT2D eigenvalue weighted by atomic mass is 9.93. The summed E-state index contributed by atoms with van der Waals surface area (Å²) < 4.78 is 0.373. The smallest absolute Gasteiger partial charge is 0.0303 e. The Morgan fingerprint density at radius 2 is 1.82 bits per heavy atom. The van der Waals surface area contributed by atoms with Crippen LogP contribution in [-0.2, 0) is 0 Å². The maximum Gasteiger partial charge on any atom is 0.0303 e. The van der Waals surface area contributed by atoms with Gasteiger partial charge in [0.05, 0.1) is 0 Å². The van der Waals surface area contributed by atoms with E-state index in [1.807, 2.05) is 11.8 Å². The van der Waals surface area contributed by atoms with Gasteiger partial charge in [0.25, 0.3) is 0 Å². The van der Waals surface area contributed by atoms with Gasteiger partial charge in [-0.25, -0.2) is 0 Å². The van der Waals surface area contributed by atoms with Gasteiger partial charge in [-0.2, -0.15) is 11.8 Å². The zero-order chi connectivity index (χ0) is 12.9. The van der Waals surface area contributed by atoms with Crippen LogP contribution in [0.2, 0.25) is 0 Å². The lowest BCUT2D eigenvalue weighted by molar-refractivity contribution is 0.171. The third-order valence-corrected chi connectivity index (χ3v) is 5.46. The van der Waals surface area contributed by atoms with Crippen molar-refractivity contribution in [2.24, 2.45) is 17.6 Å². The fourth-order valence-electron chi connectivity index (χ4n) is 2.95. The Bertz CT molecular complexity index is 204. The molecule has 0 aromatic rings. The molecule has 0 amide bonds. The molecule has 3 heteroatoms. The second-order valence-electron chi connectivity index (χ2n) is 6.13. The molecule has 0 aliphatic carbocycles. The standard InChI is InChI=1S/C14H30N2S/c1-12(2)9-13(3)10-16-7-5-14(11-15,17-4)6-8-16/h12-13H,5-11,15H2,1-4H3. The molecule has 2 nitrogen and oxygen atoms in total. The van der Waals surface area contributed by atoms with Crippen LogP contribution in [0, 0.1) is 11.8 Å². The van der Waals surface area contributed by atoms with E-state index in [4.69, 9.17) is 5.73 Å². The van der Waals surface area contributed by atoms with Gasteiger partial charge in [0.15, 0.2) is 0 Å². The van der Waals surface area contributed by atoms with Crippen LogP contribution in [0.4, 0.5) is 0 Å². The van der Waals surface area contributed by atoms with Crippen molar-refractivity contribution in [2.75, 3.05) is 32.4 Å². The van der Waals surface area contributed by atoms with E-state index in [9.17, 15) is 0 Å². The summed E-state index contributed by atoms with van der Waals surface area (Å²) in [6, 6.07) is 0. The Hall–Kier alpha value is 0.270. The van der Waals surface area contributed by atoms with Gasteiger partial charge in [-0.05, 0) is 50.4 Å². The van der Waals surface area contributed by atoms with Crippen LogP contribution in [0.25, 0.3) is 0 Å². The molecule has 1 unspecified atom stereocenters. The van der Waals surface area contributed by atoms with Crippen molar-refractivity contribution in [1.29, 1.82) is 0 Å². The highest BCUT2D eigenvalue weighted by molar-refractivity contribution is 8.00. The molecule has 0 aromatic heterocycles. The molecule has 1 rings (SSSR count). The van der Waals surface area contributed by atoms with Gasteiger partial charge in [0.2, 0.25) is 0 Å². The Labute approximate surface area is 112 Å². The van der Waals surface area contributed by atoms with Crippen molar-refractivity contribution in [3.05, 3.63) is 0 Å². The normalized spacial score (nSPS) is 22.9. The first-order valence-electron chi connectivity index (χ1n) is 6.99. The van der Waals surface area contributed by atoms with Gasteiger partial charge in [0, 0.05) is 17.8 Å². The Kier molecular flexibility index (Phi) is 6.32. The van der Waals surface area contributed by atoms with E-state index in [2.05, 4.69) is 31.9 Å². The number of hydrogen-bond donors (Lipinski definition) is 1. The molecule has 0 aromatic carbocycles. The number of likely N-dealkylation sites (tertiary alicyclic amines) is 1. The van der Waals surface area contributed by atoms with E-state index in [-0.39, 0.29) is 0 Å². The first-order valence-corrected chi connectivity index (χ1v) is 8.21. The van der Waals surface area contributed by atoms with Gasteiger partial charge >= 0.3 is 0 Å². The van der Waals surface area contributed by atoms with Crippen molar-refractivity contribution in [3.63, 3.8) is 0 Å². The number of thioether (sulfide) groups is 1. The Morgan fingerprint density at radius 3 is 2.24 bits per heavy atom. The third-order valence-electron chi connectivity index (χ3n) is 4.02. The molecule has 1 heterocycles. The summed E-state index contributed by atoms with van der Waals surface area (Å²) in [5.74, 6) is 1.65. The van der Waals surface area contributed by atoms with Gasteiger partial charge in [-0.1, -0.05) is 20.8 Å². The van der Waals surface area contributed by atoms with Crippen LogP contribution in [0.3, 0.4) is 0 Å². The molecule has 1 aliphatic heterocycles. The van der Waals surface area contributed by atoms with Crippen molar-refractivity contribution >= 4 is 11.8 Å². The quantitative estimate of drug-likeness (QED) is 0.794. The molecular weight excluding hydrogens is 228 g/mol. The molecule has 0 radical (unpaired) electrons. The highest BCUT2D eigenvalue weighted by Crippen LogP contribution is 2.33. The third kappa shape index (κ3) is 4.80. The van der Waals surface area contributed by atoms with Gasteiger partial charge < -0.3 is 10.6 Å². The minimum atomic E-state index is 0.373. The zero-order valence-electron chi connectivity index (χ0n) is 12.0. The molecule has 0 spiro atoms. The molecular formula is C14H30N2S. The minimum Gasteiger partial charge on any atom is -0.329 e. The van der Waals surface area contributed by atoms with E-state index in [1.165, 1.54) is 38.9 Å². The van der Waals surface area contributed by atoms with E-state index in [1.54, 1.807) is 0 Å². The average Bonchev–Trinajstić information content (AvgIpc) is 2.29. The van der Waals surface area contributed by atoms with E-state index in [0.717, 1.165) is 18.4 Å². The number of nitrogens with zero attached hydrogens (tertiary/aromatic N) is 1. The molecule has 1 saturated heterocycles. The number of hydrogen-bond acceptors (Lipinski definition) is 3. The lowest BCUT2D eigenvalue weighted by Gasteiger charge is -2.41. The summed E-state index contributed by atoms with van der Waals surface area (Å²) in [5.41, 5.74) is 5.92. The Balaban J connectivity index is 2.32. The topological polar surface area (TPSA) is 29.3 Å². The lowest BCUT2D eigenvalue weighted by Crippen LogP contribution is -2.47. The second-order valence-corrected chi connectivity index (χ2v) is 7.40. The summed E-state index contributed by atoms with van der Waals surface area (Å²) in [6.07, 6.45) is 6.09. The van der Waals surface area contributed by atoms with Crippen molar-refractivity contribution in [2.45, 2.75) is 44.8 Å². The maximum atomic E-state index is 5.92. The highest BCUT2D eigenvalue weighted by Gasteiger charge is 2.32. The molecule has 0 bridgehead atoms. The zero-order valence-corrected chi connectivity index (χ0v) is 12.9. The molecule has 1 aliphatic rings. The fraction of sp³-hybridized carbons (Fsp3) is 1.00. The maximum absolute atomic E-state index is 5.92. The predicted molar refractivity (Wildman–Crippen MR) is 79.6 cm³/mol. The van der Waals surface area contributed by atoms with Crippen LogP contribution in [0.5, 0.6) is 0 Å². The second kappa shape index (κ2) is 7.01. The molecule has 2 N–H and O–H groups in total. The molecule has 17 heavy (non-hydrogen) atoms. The van der Waals surface area contributed by atoms with Crippen LogP contribution < -0.4 is 5.73 Å². The number of nitrogens with two attached hydrogens (primary N) is 1. The van der Waals surface area contributed by atoms with Crippen LogP contribution in [0.1, 0.15) is 40.0 Å². The summed E-state index contributed by atoms with van der Waals surface area (Å²) in [4.78, 5) is 2.64. The Morgan fingerprint density at radius 1 is 1.24 bits per heavy atom. The molecule has 0 saturated carbocycles. The highest BCUT2D eigenvalue weighted by atomic mass is 32.2. The summed E-state index contributed by atoms with van der Waals surface area (Å²) in [5, 5.41) is 0. The number of piperidine rings is 1. The van der Waals surface area contributed by atoms with Crippen LogP contribution >= 0.6 is 11.8 Å². The van der Waals surface area contributed by atoms with Crippen LogP contribution in [0.15, 0.2) is 0 Å². The van der Waals surface area contributed by atoms with E-state index < -0.39 is 0 Å². The van der Waals surface area contributed by atoms with Gasteiger partial charge in [-0.15, -0.1) is 0 Å². The monoisotopic (exact) mass is 258 g/mol. The number of rotatable bonds is 6. The summed E-state index contributed by atoms with van der Waals surface area (Å²) in [6.45, 7) is 11.6. The van der Waals surface area contributed by atoms with Gasteiger partial charge in [0.1, 0.15) is 0 Å². The first-order chi connectivity index (χ1) is 8.01. The van der Waals surface area contributed by atoms with Crippen molar-refractivity contribution in [1.82, 2.24) is 4.90 Å². The fourth-order valence-corrected chi connectivity index (χ4v) is 3.71. The van der Waals surface area contributed by atoms with Crippen LogP contribution in [-0.4, -0.2) is 42.1 Å². The molecule has 1 fully saturated rings. The predicted octanol–water partition coefficient (Wildman–Crippen LogP) is 2.82. The first kappa shape index (κ1) is 15.3. The average molecular weight is 258 g/mol. The molecule has 102 valence electrons. The summed E-state index contributed by atoms with van der Waals surface area (Å²) >= 11 is 1.97. The van der Waals surface area contributed by atoms with Crippen molar-refractivity contribution in [3.8, 4) is 0 Å². The SMILES string of the molecule is CSC1(CN)CCN(CC(C)CC(C)C)CC1. The van der Waals surface area contributed by atoms with E-state index in [0.29, 0.717) is 4.75 Å². The largest absolute Gasteiger partial charge is 0.329 e. The minimum absolute atomic E-state index is 0.373. The molecule has 1 atom stereocenters.